The third kappa shape index (κ3) is 3.83. The maximum atomic E-state index is 12.0. The first kappa shape index (κ1) is 15.5. The Morgan fingerprint density at radius 2 is 2.05 bits per heavy atom. The summed E-state index contributed by atoms with van der Waals surface area (Å²) in [6.45, 7) is 4.45. The second-order valence-corrected chi connectivity index (χ2v) is 6.35. The summed E-state index contributed by atoms with van der Waals surface area (Å²) >= 11 is 0. The largest absolute Gasteiger partial charge is 0.500 e. The minimum Gasteiger partial charge on any atom is -0.500 e. The number of carbonyl (C=O) groups is 1. The molecule has 21 heavy (non-hydrogen) atoms. The Morgan fingerprint density at radius 1 is 1.33 bits per heavy atom. The number of benzene rings is 1. The van der Waals surface area contributed by atoms with Gasteiger partial charge in [-0.1, -0.05) is 6.58 Å². The van der Waals surface area contributed by atoms with E-state index in [1.165, 1.54) is 18.4 Å². The lowest BCUT2D eigenvalue weighted by Crippen LogP contribution is -2.27. The van der Waals surface area contributed by atoms with Gasteiger partial charge >= 0.3 is 0 Å². The smallest absolute Gasteiger partial charge is 0.240 e. The highest BCUT2D eigenvalue weighted by atomic mass is 32.2. The molecule has 0 saturated carbocycles. The standard InChI is InChI=1S/C14H18N2O4S/c1-2-20-11-9-15-21(18,19)13-7-5-12(6-8-13)16-10-3-4-14(16)17/h2,5-8,15H,1,3-4,9-11H2. The molecule has 1 aliphatic heterocycles. The van der Waals surface area contributed by atoms with Crippen molar-refractivity contribution >= 4 is 21.6 Å². The van der Waals surface area contributed by atoms with E-state index in [4.69, 9.17) is 4.74 Å². The average Bonchev–Trinajstić information content (AvgIpc) is 2.90. The van der Waals surface area contributed by atoms with Gasteiger partial charge in [-0.15, -0.1) is 0 Å². The highest BCUT2D eigenvalue weighted by Crippen LogP contribution is 2.22. The molecule has 0 bridgehead atoms. The molecule has 0 unspecified atom stereocenters. The maximum absolute atomic E-state index is 12.0. The van der Waals surface area contributed by atoms with Crippen LogP contribution in [0.15, 0.2) is 42.0 Å². The zero-order chi connectivity index (χ0) is 15.3. The van der Waals surface area contributed by atoms with Crippen LogP contribution < -0.4 is 9.62 Å². The zero-order valence-corrected chi connectivity index (χ0v) is 12.4. The Labute approximate surface area is 124 Å². The molecule has 1 N–H and O–H groups in total. The summed E-state index contributed by atoms with van der Waals surface area (Å²) in [5, 5.41) is 0. The molecule has 1 heterocycles. The fourth-order valence-electron chi connectivity index (χ4n) is 2.13. The minimum atomic E-state index is -3.56. The number of nitrogens with one attached hydrogen (secondary N) is 1. The van der Waals surface area contributed by atoms with Crippen molar-refractivity contribution in [1.29, 1.82) is 0 Å². The van der Waals surface area contributed by atoms with Crippen LogP contribution in [0.5, 0.6) is 0 Å². The molecule has 0 atom stereocenters. The number of nitrogens with zero attached hydrogens (tertiary/aromatic N) is 1. The summed E-state index contributed by atoms with van der Waals surface area (Å²) < 4.78 is 31.3. The normalized spacial score (nSPS) is 15.2. The summed E-state index contributed by atoms with van der Waals surface area (Å²) in [7, 11) is -3.56. The number of rotatable bonds is 7. The molecular formula is C14H18N2O4S. The van der Waals surface area contributed by atoms with Gasteiger partial charge in [0.15, 0.2) is 0 Å². The molecule has 1 amide bonds. The molecule has 0 radical (unpaired) electrons. The van der Waals surface area contributed by atoms with Gasteiger partial charge in [0.05, 0.1) is 11.2 Å². The van der Waals surface area contributed by atoms with E-state index in [9.17, 15) is 13.2 Å². The van der Waals surface area contributed by atoms with Crippen LogP contribution in [-0.4, -0.2) is 34.0 Å². The third-order valence-electron chi connectivity index (χ3n) is 3.16. The third-order valence-corrected chi connectivity index (χ3v) is 4.64. The number of amides is 1. The van der Waals surface area contributed by atoms with E-state index >= 15 is 0 Å². The number of ether oxygens (including phenoxy) is 1. The summed E-state index contributed by atoms with van der Waals surface area (Å²) in [6, 6.07) is 6.30. The van der Waals surface area contributed by atoms with Gasteiger partial charge in [-0.05, 0) is 30.7 Å². The monoisotopic (exact) mass is 310 g/mol. The first-order valence-corrected chi connectivity index (χ1v) is 8.15. The van der Waals surface area contributed by atoms with Crippen LogP contribution in [-0.2, 0) is 19.6 Å². The van der Waals surface area contributed by atoms with E-state index in [2.05, 4.69) is 11.3 Å². The molecule has 1 aromatic rings. The van der Waals surface area contributed by atoms with Gasteiger partial charge in [-0.25, -0.2) is 13.1 Å². The molecular weight excluding hydrogens is 292 g/mol. The molecule has 2 rings (SSSR count). The van der Waals surface area contributed by atoms with E-state index in [1.807, 2.05) is 0 Å². The van der Waals surface area contributed by atoms with Gasteiger partial charge < -0.3 is 9.64 Å². The maximum Gasteiger partial charge on any atom is 0.240 e. The molecule has 1 fully saturated rings. The molecule has 1 aromatic carbocycles. The van der Waals surface area contributed by atoms with Crippen molar-refractivity contribution in [2.45, 2.75) is 17.7 Å². The highest BCUT2D eigenvalue weighted by Gasteiger charge is 2.22. The van der Waals surface area contributed by atoms with Crippen molar-refractivity contribution in [1.82, 2.24) is 4.72 Å². The topological polar surface area (TPSA) is 75.7 Å². The second-order valence-electron chi connectivity index (χ2n) is 4.58. The lowest BCUT2D eigenvalue weighted by Gasteiger charge is -2.16. The predicted molar refractivity (Wildman–Crippen MR) is 79.4 cm³/mol. The van der Waals surface area contributed by atoms with Crippen LogP contribution in [0.1, 0.15) is 12.8 Å². The average molecular weight is 310 g/mol. The van der Waals surface area contributed by atoms with Crippen molar-refractivity contribution in [2.24, 2.45) is 0 Å². The Balaban J connectivity index is 2.03. The van der Waals surface area contributed by atoms with Gasteiger partial charge in [-0.3, -0.25) is 4.79 Å². The van der Waals surface area contributed by atoms with E-state index in [-0.39, 0.29) is 24.0 Å². The lowest BCUT2D eigenvalue weighted by atomic mass is 10.3. The van der Waals surface area contributed by atoms with Gasteiger partial charge in [0.1, 0.15) is 6.61 Å². The van der Waals surface area contributed by atoms with Crippen LogP contribution in [0.2, 0.25) is 0 Å². The molecule has 1 saturated heterocycles. The Morgan fingerprint density at radius 3 is 2.62 bits per heavy atom. The number of hydrogen-bond acceptors (Lipinski definition) is 4. The highest BCUT2D eigenvalue weighted by molar-refractivity contribution is 7.89. The molecule has 0 spiro atoms. The predicted octanol–water partition coefficient (Wildman–Crippen LogP) is 1.25. The number of carbonyl (C=O) groups excluding carboxylic acids is 1. The van der Waals surface area contributed by atoms with Crippen LogP contribution in [0, 0.1) is 0 Å². The Hall–Kier alpha value is -1.86. The lowest BCUT2D eigenvalue weighted by molar-refractivity contribution is -0.117. The molecule has 7 heteroatoms. The fourth-order valence-corrected chi connectivity index (χ4v) is 3.14. The molecule has 1 aliphatic rings. The number of anilines is 1. The SMILES string of the molecule is C=COCCNS(=O)(=O)c1ccc(N2CCCC2=O)cc1. The van der Waals surface area contributed by atoms with Crippen LogP contribution in [0.3, 0.4) is 0 Å². The van der Waals surface area contributed by atoms with Crippen LogP contribution >= 0.6 is 0 Å². The quantitative estimate of drug-likeness (QED) is 0.607. The van der Waals surface area contributed by atoms with Crippen molar-refractivity contribution in [3.05, 3.63) is 37.1 Å². The molecule has 6 nitrogen and oxygen atoms in total. The molecule has 114 valence electrons. The van der Waals surface area contributed by atoms with E-state index in [0.717, 1.165) is 12.1 Å². The number of hydrogen-bond donors (Lipinski definition) is 1. The Bertz CT molecular complexity index is 610. The Kier molecular flexibility index (Phi) is 4.98. The zero-order valence-electron chi connectivity index (χ0n) is 11.6. The van der Waals surface area contributed by atoms with E-state index in [1.54, 1.807) is 17.0 Å². The van der Waals surface area contributed by atoms with Crippen molar-refractivity contribution in [3.8, 4) is 0 Å². The van der Waals surface area contributed by atoms with Gasteiger partial charge in [0.2, 0.25) is 15.9 Å². The van der Waals surface area contributed by atoms with Gasteiger partial charge in [-0.2, -0.15) is 0 Å². The fraction of sp³-hybridized carbons (Fsp3) is 0.357. The minimum absolute atomic E-state index is 0.0744. The van der Waals surface area contributed by atoms with Crippen molar-refractivity contribution < 1.29 is 17.9 Å². The summed E-state index contributed by atoms with van der Waals surface area (Å²) in [5.74, 6) is 0.0744. The van der Waals surface area contributed by atoms with Gasteiger partial charge in [0.25, 0.3) is 0 Å². The van der Waals surface area contributed by atoms with E-state index < -0.39 is 10.0 Å². The molecule has 0 aromatic heterocycles. The van der Waals surface area contributed by atoms with E-state index in [0.29, 0.717) is 13.0 Å². The van der Waals surface area contributed by atoms with Crippen molar-refractivity contribution in [2.75, 3.05) is 24.6 Å². The summed E-state index contributed by atoms with van der Waals surface area (Å²) in [5.41, 5.74) is 0.728. The summed E-state index contributed by atoms with van der Waals surface area (Å²) in [4.78, 5) is 13.5. The first-order chi connectivity index (χ1) is 10.0. The second kappa shape index (κ2) is 6.73. The summed E-state index contributed by atoms with van der Waals surface area (Å²) in [6.07, 6.45) is 2.64. The first-order valence-electron chi connectivity index (χ1n) is 6.67. The molecule has 0 aliphatic carbocycles. The number of sulfonamides is 1. The van der Waals surface area contributed by atoms with Crippen molar-refractivity contribution in [3.63, 3.8) is 0 Å². The van der Waals surface area contributed by atoms with Crippen LogP contribution in [0.4, 0.5) is 5.69 Å². The van der Waals surface area contributed by atoms with Gasteiger partial charge in [0, 0.05) is 25.2 Å². The van der Waals surface area contributed by atoms with Crippen LogP contribution in [0.25, 0.3) is 0 Å².